The average Bonchev–Trinajstić information content (AvgIpc) is 3.40. The van der Waals surface area contributed by atoms with Crippen LogP contribution in [0, 0.1) is 0 Å². The van der Waals surface area contributed by atoms with Crippen molar-refractivity contribution in [1.82, 2.24) is 15.2 Å². The summed E-state index contributed by atoms with van der Waals surface area (Å²) in [6, 6.07) is 15.4. The van der Waals surface area contributed by atoms with E-state index in [9.17, 15) is 4.79 Å². The number of nitrogens with zero attached hydrogens (tertiary/aromatic N) is 4. The predicted molar refractivity (Wildman–Crippen MR) is 119 cm³/mol. The topological polar surface area (TPSA) is 81.4 Å². The Balaban J connectivity index is 1.45. The van der Waals surface area contributed by atoms with E-state index in [4.69, 9.17) is 9.15 Å². The number of thioether (sulfide) groups is 1. The van der Waals surface area contributed by atoms with Crippen molar-refractivity contribution in [3.8, 4) is 17.2 Å². The molecule has 7 nitrogen and oxygen atoms in total. The SMILES string of the molecule is CCOc1ccccc1-c1nnc(SCC(=O)N(CC)c2nc3ccccc3s2)o1. The third kappa shape index (κ3) is 4.31. The van der Waals surface area contributed by atoms with Crippen molar-refractivity contribution in [2.24, 2.45) is 0 Å². The van der Waals surface area contributed by atoms with Crippen LogP contribution in [0.5, 0.6) is 5.75 Å². The third-order valence-corrected chi connectivity index (χ3v) is 6.14. The molecule has 0 atom stereocenters. The van der Waals surface area contributed by atoms with Crippen molar-refractivity contribution in [3.05, 3.63) is 48.5 Å². The molecule has 0 bridgehead atoms. The number of aromatic nitrogens is 3. The maximum absolute atomic E-state index is 12.8. The van der Waals surface area contributed by atoms with Gasteiger partial charge in [0.25, 0.3) is 11.1 Å². The number of rotatable bonds is 8. The molecule has 0 saturated heterocycles. The molecule has 0 aliphatic heterocycles. The number of ether oxygens (including phenoxy) is 1. The molecule has 0 unspecified atom stereocenters. The lowest BCUT2D eigenvalue weighted by atomic mass is 10.2. The molecule has 0 radical (unpaired) electrons. The van der Waals surface area contributed by atoms with Gasteiger partial charge in [0, 0.05) is 6.54 Å². The van der Waals surface area contributed by atoms with Gasteiger partial charge in [0.1, 0.15) is 5.75 Å². The van der Waals surface area contributed by atoms with Crippen LogP contribution in [0.4, 0.5) is 5.13 Å². The van der Waals surface area contributed by atoms with Crippen LogP contribution in [-0.4, -0.2) is 40.0 Å². The summed E-state index contributed by atoms with van der Waals surface area (Å²) in [6.07, 6.45) is 0. The van der Waals surface area contributed by atoms with Gasteiger partial charge >= 0.3 is 0 Å². The molecular formula is C21H20N4O3S2. The molecule has 1 amide bonds. The summed E-state index contributed by atoms with van der Waals surface area (Å²) in [5.74, 6) is 1.17. The lowest BCUT2D eigenvalue weighted by molar-refractivity contribution is -0.116. The molecule has 0 aliphatic rings. The zero-order valence-corrected chi connectivity index (χ0v) is 18.2. The van der Waals surface area contributed by atoms with E-state index >= 15 is 0 Å². The molecular weight excluding hydrogens is 420 g/mol. The van der Waals surface area contributed by atoms with E-state index in [1.54, 1.807) is 4.90 Å². The van der Waals surface area contributed by atoms with Crippen LogP contribution in [0.25, 0.3) is 21.7 Å². The minimum Gasteiger partial charge on any atom is -0.493 e. The molecule has 154 valence electrons. The zero-order chi connectivity index (χ0) is 20.9. The van der Waals surface area contributed by atoms with E-state index < -0.39 is 0 Å². The molecule has 9 heteroatoms. The smallest absolute Gasteiger partial charge is 0.277 e. The van der Waals surface area contributed by atoms with E-state index in [2.05, 4.69) is 15.2 Å². The molecule has 0 spiro atoms. The quantitative estimate of drug-likeness (QED) is 0.361. The van der Waals surface area contributed by atoms with Crippen molar-refractivity contribution >= 4 is 44.4 Å². The van der Waals surface area contributed by atoms with E-state index in [0.29, 0.717) is 35.1 Å². The summed E-state index contributed by atoms with van der Waals surface area (Å²) in [7, 11) is 0. The Morgan fingerprint density at radius 3 is 2.73 bits per heavy atom. The Labute approximate surface area is 182 Å². The fourth-order valence-corrected chi connectivity index (χ4v) is 4.58. The highest BCUT2D eigenvalue weighted by Crippen LogP contribution is 2.32. The maximum atomic E-state index is 12.8. The normalized spacial score (nSPS) is 11.0. The highest BCUT2D eigenvalue weighted by atomic mass is 32.2. The Morgan fingerprint density at radius 2 is 1.93 bits per heavy atom. The van der Waals surface area contributed by atoms with E-state index in [0.717, 1.165) is 15.8 Å². The van der Waals surface area contributed by atoms with Gasteiger partial charge in [-0.3, -0.25) is 9.69 Å². The van der Waals surface area contributed by atoms with Gasteiger partial charge in [-0.2, -0.15) is 0 Å². The summed E-state index contributed by atoms with van der Waals surface area (Å²) in [5.41, 5.74) is 1.63. The fraction of sp³-hybridized carbons (Fsp3) is 0.238. The van der Waals surface area contributed by atoms with Gasteiger partial charge in [0.2, 0.25) is 5.91 Å². The van der Waals surface area contributed by atoms with Crippen LogP contribution in [0.3, 0.4) is 0 Å². The molecule has 2 heterocycles. The van der Waals surface area contributed by atoms with Crippen molar-refractivity contribution in [2.45, 2.75) is 19.1 Å². The molecule has 2 aromatic heterocycles. The first kappa shape index (κ1) is 20.4. The number of carbonyl (C=O) groups excluding carboxylic acids is 1. The minimum atomic E-state index is -0.0592. The van der Waals surface area contributed by atoms with Crippen LogP contribution < -0.4 is 9.64 Å². The predicted octanol–water partition coefficient (Wildman–Crippen LogP) is 4.89. The molecule has 0 saturated carbocycles. The summed E-state index contributed by atoms with van der Waals surface area (Å²) < 4.78 is 12.4. The molecule has 4 aromatic rings. The Morgan fingerprint density at radius 1 is 1.13 bits per heavy atom. The van der Waals surface area contributed by atoms with Gasteiger partial charge in [-0.1, -0.05) is 47.4 Å². The number of anilines is 1. The first-order valence-electron chi connectivity index (χ1n) is 9.54. The van der Waals surface area contributed by atoms with Crippen LogP contribution in [0.2, 0.25) is 0 Å². The number of para-hydroxylation sites is 2. The summed E-state index contributed by atoms with van der Waals surface area (Å²) in [5, 5.41) is 9.21. The number of amides is 1. The number of carbonyl (C=O) groups is 1. The maximum Gasteiger partial charge on any atom is 0.277 e. The Hall–Kier alpha value is -2.91. The van der Waals surface area contributed by atoms with Crippen molar-refractivity contribution < 1.29 is 13.9 Å². The second-order valence-corrected chi connectivity index (χ2v) is 8.13. The zero-order valence-electron chi connectivity index (χ0n) is 16.6. The summed E-state index contributed by atoms with van der Waals surface area (Å²) in [6.45, 7) is 4.93. The van der Waals surface area contributed by atoms with Gasteiger partial charge in [-0.05, 0) is 38.1 Å². The molecule has 2 aromatic carbocycles. The number of hydrogen-bond acceptors (Lipinski definition) is 8. The molecule has 0 N–H and O–H groups in total. The number of thiazole rings is 1. The largest absolute Gasteiger partial charge is 0.493 e. The van der Waals surface area contributed by atoms with E-state index in [1.165, 1.54) is 23.1 Å². The third-order valence-electron chi connectivity index (χ3n) is 4.27. The van der Waals surface area contributed by atoms with E-state index in [-0.39, 0.29) is 11.7 Å². The summed E-state index contributed by atoms with van der Waals surface area (Å²) in [4.78, 5) is 19.1. The van der Waals surface area contributed by atoms with Gasteiger partial charge in [-0.25, -0.2) is 4.98 Å². The number of benzene rings is 2. The lowest BCUT2D eigenvalue weighted by Crippen LogP contribution is -2.32. The molecule has 30 heavy (non-hydrogen) atoms. The monoisotopic (exact) mass is 440 g/mol. The van der Waals surface area contributed by atoms with E-state index in [1.807, 2.05) is 62.4 Å². The van der Waals surface area contributed by atoms with Gasteiger partial charge in [0.05, 0.1) is 28.1 Å². The van der Waals surface area contributed by atoms with Crippen LogP contribution in [0.15, 0.2) is 58.2 Å². The van der Waals surface area contributed by atoms with Crippen molar-refractivity contribution in [2.75, 3.05) is 23.8 Å². The molecule has 0 fully saturated rings. The lowest BCUT2D eigenvalue weighted by Gasteiger charge is -2.16. The van der Waals surface area contributed by atoms with Crippen LogP contribution in [0.1, 0.15) is 13.8 Å². The summed E-state index contributed by atoms with van der Waals surface area (Å²) >= 11 is 2.72. The Bertz CT molecular complexity index is 1120. The molecule has 4 rings (SSSR count). The van der Waals surface area contributed by atoms with Crippen molar-refractivity contribution in [1.29, 1.82) is 0 Å². The van der Waals surface area contributed by atoms with Gasteiger partial charge in [0.15, 0.2) is 5.13 Å². The first-order chi connectivity index (χ1) is 14.7. The minimum absolute atomic E-state index is 0.0592. The average molecular weight is 441 g/mol. The van der Waals surface area contributed by atoms with Crippen molar-refractivity contribution in [3.63, 3.8) is 0 Å². The number of hydrogen-bond donors (Lipinski definition) is 0. The molecule has 0 aliphatic carbocycles. The highest BCUT2D eigenvalue weighted by Gasteiger charge is 2.20. The highest BCUT2D eigenvalue weighted by molar-refractivity contribution is 7.99. The first-order valence-corrected chi connectivity index (χ1v) is 11.3. The van der Waals surface area contributed by atoms with Gasteiger partial charge in [-0.15, -0.1) is 10.2 Å². The second kappa shape index (κ2) is 9.27. The van der Waals surface area contributed by atoms with Crippen LogP contribution >= 0.6 is 23.1 Å². The standard InChI is InChI=1S/C21H20N4O3S2/c1-3-25(20-22-15-10-6-8-12-17(15)30-20)18(26)13-29-21-24-23-19(28-21)14-9-5-7-11-16(14)27-4-2/h5-12H,3-4,13H2,1-2H3. The van der Waals surface area contributed by atoms with Gasteiger partial charge < -0.3 is 9.15 Å². The Kier molecular flexibility index (Phi) is 6.29. The second-order valence-electron chi connectivity index (χ2n) is 6.19. The van der Waals surface area contributed by atoms with Crippen LogP contribution in [-0.2, 0) is 4.79 Å². The number of fused-ring (bicyclic) bond motifs is 1. The fourth-order valence-electron chi connectivity index (χ4n) is 2.90.